The van der Waals surface area contributed by atoms with Crippen molar-refractivity contribution in [2.24, 2.45) is 0 Å². The molecular formula is C11H19N3O3S. The molecule has 0 saturated heterocycles. The molecule has 0 aliphatic heterocycles. The molecular weight excluding hydrogens is 254 g/mol. The Labute approximate surface area is 107 Å². The average molecular weight is 273 g/mol. The van der Waals surface area contributed by atoms with E-state index in [-0.39, 0.29) is 0 Å². The summed E-state index contributed by atoms with van der Waals surface area (Å²) in [6.07, 6.45) is 6.96. The van der Waals surface area contributed by atoms with Crippen LogP contribution in [0.15, 0.2) is 4.52 Å². The lowest BCUT2D eigenvalue weighted by atomic mass is 9.89. The molecule has 0 amide bonds. The maximum absolute atomic E-state index is 11.1. The van der Waals surface area contributed by atoms with Crippen molar-refractivity contribution in [3.8, 4) is 0 Å². The van der Waals surface area contributed by atoms with Crippen LogP contribution in [0, 0.1) is 0 Å². The fourth-order valence-electron chi connectivity index (χ4n) is 2.32. The van der Waals surface area contributed by atoms with Crippen molar-refractivity contribution >= 4 is 10.0 Å². The van der Waals surface area contributed by atoms with Gasteiger partial charge in [-0.2, -0.15) is 4.98 Å². The zero-order chi connectivity index (χ0) is 13.2. The number of rotatable bonds is 4. The second kappa shape index (κ2) is 5.36. The van der Waals surface area contributed by atoms with E-state index in [9.17, 15) is 8.42 Å². The van der Waals surface area contributed by atoms with Crippen LogP contribution in [-0.2, 0) is 10.0 Å². The van der Waals surface area contributed by atoms with Gasteiger partial charge in [0.05, 0.1) is 12.3 Å². The smallest absolute Gasteiger partial charge is 0.244 e. The Balaban J connectivity index is 2.05. The third-order valence-corrected chi connectivity index (χ3v) is 3.97. The number of hydrogen-bond donors (Lipinski definition) is 1. The Morgan fingerprint density at radius 2 is 2.00 bits per heavy atom. The molecule has 0 aromatic carbocycles. The summed E-state index contributed by atoms with van der Waals surface area (Å²) in [4.78, 5) is 4.31. The second-order valence-corrected chi connectivity index (χ2v) is 6.72. The minimum absolute atomic E-state index is 0.334. The highest BCUT2D eigenvalue weighted by Gasteiger charge is 2.23. The molecule has 7 heteroatoms. The SMILES string of the molecule is C[C@@H](NS(C)(=O)=O)c1nc(C2CCCCC2)no1. The second-order valence-electron chi connectivity index (χ2n) is 4.94. The molecule has 1 aromatic rings. The summed E-state index contributed by atoms with van der Waals surface area (Å²) >= 11 is 0. The molecule has 1 atom stereocenters. The van der Waals surface area contributed by atoms with Crippen LogP contribution in [0.4, 0.5) is 0 Å². The van der Waals surface area contributed by atoms with Crippen LogP contribution < -0.4 is 4.72 Å². The maximum atomic E-state index is 11.1. The minimum atomic E-state index is -3.26. The molecule has 18 heavy (non-hydrogen) atoms. The van der Waals surface area contributed by atoms with E-state index >= 15 is 0 Å². The predicted molar refractivity (Wildman–Crippen MR) is 66.5 cm³/mol. The molecule has 1 N–H and O–H groups in total. The number of nitrogens with zero attached hydrogens (tertiary/aromatic N) is 2. The average Bonchev–Trinajstić information content (AvgIpc) is 2.77. The topological polar surface area (TPSA) is 85.1 Å². The Morgan fingerprint density at radius 1 is 1.33 bits per heavy atom. The summed E-state index contributed by atoms with van der Waals surface area (Å²) in [7, 11) is -3.26. The molecule has 1 saturated carbocycles. The van der Waals surface area contributed by atoms with E-state index in [1.165, 1.54) is 19.3 Å². The first kappa shape index (κ1) is 13.5. The van der Waals surface area contributed by atoms with Crippen LogP contribution in [0.2, 0.25) is 0 Å². The third-order valence-electron chi connectivity index (χ3n) is 3.19. The molecule has 0 radical (unpaired) electrons. The fraction of sp³-hybridized carbons (Fsp3) is 0.818. The molecule has 0 unspecified atom stereocenters. The van der Waals surface area contributed by atoms with E-state index in [0.29, 0.717) is 17.6 Å². The number of hydrogen-bond acceptors (Lipinski definition) is 5. The van der Waals surface area contributed by atoms with Gasteiger partial charge in [-0.05, 0) is 19.8 Å². The van der Waals surface area contributed by atoms with Crippen LogP contribution in [0.5, 0.6) is 0 Å². The summed E-state index contributed by atoms with van der Waals surface area (Å²) in [5.74, 6) is 1.41. The molecule has 1 heterocycles. The summed E-state index contributed by atoms with van der Waals surface area (Å²) in [5, 5.41) is 3.97. The van der Waals surface area contributed by atoms with Crippen LogP contribution in [0.1, 0.15) is 62.7 Å². The Hall–Kier alpha value is -0.950. The van der Waals surface area contributed by atoms with Gasteiger partial charge in [-0.3, -0.25) is 0 Å². The molecule has 2 rings (SSSR count). The van der Waals surface area contributed by atoms with Crippen LogP contribution in [0.25, 0.3) is 0 Å². The normalized spacial score (nSPS) is 19.9. The first-order chi connectivity index (χ1) is 8.46. The van der Waals surface area contributed by atoms with Crippen molar-refractivity contribution in [1.29, 1.82) is 0 Å². The predicted octanol–water partition coefficient (Wildman–Crippen LogP) is 1.73. The highest BCUT2D eigenvalue weighted by Crippen LogP contribution is 2.31. The van der Waals surface area contributed by atoms with Crippen molar-refractivity contribution in [1.82, 2.24) is 14.9 Å². The molecule has 6 nitrogen and oxygen atoms in total. The summed E-state index contributed by atoms with van der Waals surface area (Å²) in [5.41, 5.74) is 0. The van der Waals surface area contributed by atoms with Gasteiger partial charge < -0.3 is 4.52 Å². The summed E-state index contributed by atoms with van der Waals surface area (Å²) in [6.45, 7) is 1.69. The van der Waals surface area contributed by atoms with Gasteiger partial charge in [0.2, 0.25) is 15.9 Å². The molecule has 1 fully saturated rings. The van der Waals surface area contributed by atoms with E-state index in [1.54, 1.807) is 6.92 Å². The number of sulfonamides is 1. The van der Waals surface area contributed by atoms with Gasteiger partial charge in [0.15, 0.2) is 5.82 Å². The van der Waals surface area contributed by atoms with E-state index in [4.69, 9.17) is 4.52 Å². The van der Waals surface area contributed by atoms with Crippen molar-refractivity contribution in [2.75, 3.05) is 6.26 Å². The summed E-state index contributed by atoms with van der Waals surface area (Å²) in [6, 6.07) is -0.482. The lowest BCUT2D eigenvalue weighted by molar-refractivity contribution is 0.340. The quantitative estimate of drug-likeness (QED) is 0.903. The molecule has 0 spiro atoms. The maximum Gasteiger partial charge on any atom is 0.244 e. The van der Waals surface area contributed by atoms with Gasteiger partial charge in [0, 0.05) is 5.92 Å². The molecule has 102 valence electrons. The van der Waals surface area contributed by atoms with Gasteiger partial charge in [-0.1, -0.05) is 24.4 Å². The van der Waals surface area contributed by atoms with Crippen LogP contribution in [0.3, 0.4) is 0 Å². The first-order valence-electron chi connectivity index (χ1n) is 6.26. The zero-order valence-electron chi connectivity index (χ0n) is 10.7. The van der Waals surface area contributed by atoms with Crippen LogP contribution in [-0.4, -0.2) is 24.8 Å². The Morgan fingerprint density at radius 3 is 2.61 bits per heavy atom. The monoisotopic (exact) mass is 273 g/mol. The van der Waals surface area contributed by atoms with E-state index in [2.05, 4.69) is 14.9 Å². The van der Waals surface area contributed by atoms with E-state index in [1.807, 2.05) is 0 Å². The number of aromatic nitrogens is 2. The largest absolute Gasteiger partial charge is 0.338 e. The van der Waals surface area contributed by atoms with E-state index < -0.39 is 16.1 Å². The van der Waals surface area contributed by atoms with Gasteiger partial charge in [0.1, 0.15) is 0 Å². The molecule has 1 aliphatic carbocycles. The standard InChI is InChI=1S/C11H19N3O3S/c1-8(14-18(2,15)16)11-12-10(13-17-11)9-6-4-3-5-7-9/h8-9,14H,3-7H2,1-2H3/t8-/m1/s1. The lowest BCUT2D eigenvalue weighted by Crippen LogP contribution is -2.25. The first-order valence-corrected chi connectivity index (χ1v) is 8.15. The van der Waals surface area contributed by atoms with Crippen molar-refractivity contribution < 1.29 is 12.9 Å². The highest BCUT2D eigenvalue weighted by molar-refractivity contribution is 7.88. The number of nitrogens with one attached hydrogen (secondary N) is 1. The Bertz CT molecular complexity index is 491. The van der Waals surface area contributed by atoms with Crippen molar-refractivity contribution in [3.63, 3.8) is 0 Å². The van der Waals surface area contributed by atoms with Crippen LogP contribution >= 0.6 is 0 Å². The van der Waals surface area contributed by atoms with Crippen molar-refractivity contribution in [2.45, 2.75) is 51.0 Å². The van der Waals surface area contributed by atoms with Gasteiger partial charge in [0.25, 0.3) is 0 Å². The molecule has 1 aliphatic rings. The Kier molecular flexibility index (Phi) is 4.01. The summed E-state index contributed by atoms with van der Waals surface area (Å²) < 4.78 is 29.8. The fourth-order valence-corrected chi connectivity index (χ4v) is 3.06. The van der Waals surface area contributed by atoms with Crippen molar-refractivity contribution in [3.05, 3.63) is 11.7 Å². The molecule has 1 aromatic heterocycles. The van der Waals surface area contributed by atoms with Gasteiger partial charge in [-0.15, -0.1) is 0 Å². The minimum Gasteiger partial charge on any atom is -0.338 e. The highest BCUT2D eigenvalue weighted by atomic mass is 32.2. The molecule has 0 bridgehead atoms. The zero-order valence-corrected chi connectivity index (χ0v) is 11.5. The van der Waals surface area contributed by atoms with Gasteiger partial charge >= 0.3 is 0 Å². The lowest BCUT2D eigenvalue weighted by Gasteiger charge is -2.17. The third kappa shape index (κ3) is 3.52. The van der Waals surface area contributed by atoms with Gasteiger partial charge in [-0.25, -0.2) is 13.1 Å². The van der Waals surface area contributed by atoms with E-state index in [0.717, 1.165) is 19.1 Å².